The Morgan fingerprint density at radius 1 is 0.392 bits per heavy atom. The minimum Gasteiger partial charge on any atom is -0.296 e. The number of aryl methyl sites for hydroxylation is 1. The van der Waals surface area contributed by atoms with Crippen molar-refractivity contribution in [1.29, 1.82) is 0 Å². The maximum atomic E-state index is 4.92. The second-order valence-electron chi connectivity index (χ2n) is 12.6. The van der Waals surface area contributed by atoms with Crippen LogP contribution in [0.15, 0.2) is 170 Å². The molecule has 0 aliphatic carbocycles. The molecular formula is C46H33N5. The van der Waals surface area contributed by atoms with Crippen LogP contribution in [-0.2, 0) is 6.42 Å². The third kappa shape index (κ3) is 5.65. The fourth-order valence-corrected chi connectivity index (χ4v) is 6.94. The molecule has 9 aromatic rings. The van der Waals surface area contributed by atoms with E-state index in [1.165, 1.54) is 27.5 Å². The Labute approximate surface area is 296 Å². The number of aromatic nitrogens is 5. The molecule has 0 spiro atoms. The van der Waals surface area contributed by atoms with Gasteiger partial charge in [0, 0.05) is 28.8 Å². The summed E-state index contributed by atoms with van der Waals surface area (Å²) in [6.45, 7) is 2.16. The first-order valence-corrected chi connectivity index (χ1v) is 17.3. The van der Waals surface area contributed by atoms with Gasteiger partial charge in [-0.15, -0.1) is 0 Å². The summed E-state index contributed by atoms with van der Waals surface area (Å²) in [5, 5.41) is 2.42. The van der Waals surface area contributed by atoms with E-state index < -0.39 is 0 Å². The molecule has 0 aliphatic rings. The van der Waals surface area contributed by atoms with Gasteiger partial charge in [0.2, 0.25) is 0 Å². The van der Waals surface area contributed by atoms with Gasteiger partial charge in [-0.05, 0) is 57.3 Å². The van der Waals surface area contributed by atoms with E-state index in [1.54, 1.807) is 0 Å². The summed E-state index contributed by atoms with van der Waals surface area (Å²) in [4.78, 5) is 19.6. The van der Waals surface area contributed by atoms with E-state index in [1.807, 2.05) is 66.7 Å². The second kappa shape index (κ2) is 13.0. The third-order valence-electron chi connectivity index (χ3n) is 9.46. The summed E-state index contributed by atoms with van der Waals surface area (Å²) < 4.78 is 2.27. The van der Waals surface area contributed by atoms with Crippen molar-refractivity contribution in [1.82, 2.24) is 24.5 Å². The summed E-state index contributed by atoms with van der Waals surface area (Å²) in [6, 6.07) is 59.1. The third-order valence-corrected chi connectivity index (χ3v) is 9.46. The van der Waals surface area contributed by atoms with Gasteiger partial charge in [0.1, 0.15) is 5.82 Å². The Morgan fingerprint density at radius 3 is 1.37 bits per heavy atom. The molecule has 2 aromatic heterocycles. The molecule has 51 heavy (non-hydrogen) atoms. The van der Waals surface area contributed by atoms with Crippen LogP contribution in [0.25, 0.3) is 83.9 Å². The van der Waals surface area contributed by atoms with Crippen molar-refractivity contribution in [3.8, 4) is 62.1 Å². The summed E-state index contributed by atoms with van der Waals surface area (Å²) in [6.07, 6.45) is 0.864. The SMILES string of the molecule is CCc1nc2ccccc2n1-c1ccc(-c2cccc3c(-c4ccc(-c5nc(-c6ccccc6)nc(-c6ccccc6)n5)cc4)cccc23)cc1. The highest BCUT2D eigenvalue weighted by atomic mass is 15.1. The van der Waals surface area contributed by atoms with Crippen LogP contribution in [-0.4, -0.2) is 24.5 Å². The number of hydrogen-bond acceptors (Lipinski definition) is 4. The van der Waals surface area contributed by atoms with Crippen LogP contribution in [0, 0.1) is 0 Å². The van der Waals surface area contributed by atoms with Crippen molar-refractivity contribution in [3.63, 3.8) is 0 Å². The molecule has 2 heterocycles. The zero-order valence-electron chi connectivity index (χ0n) is 28.1. The highest BCUT2D eigenvalue weighted by Gasteiger charge is 2.15. The van der Waals surface area contributed by atoms with Gasteiger partial charge in [-0.25, -0.2) is 19.9 Å². The number of para-hydroxylation sites is 2. The van der Waals surface area contributed by atoms with Gasteiger partial charge in [-0.1, -0.05) is 153 Å². The Balaban J connectivity index is 1.07. The van der Waals surface area contributed by atoms with Crippen LogP contribution >= 0.6 is 0 Å². The zero-order valence-corrected chi connectivity index (χ0v) is 28.1. The number of fused-ring (bicyclic) bond motifs is 2. The van der Waals surface area contributed by atoms with Gasteiger partial charge in [0.25, 0.3) is 0 Å². The molecule has 0 fully saturated rings. The molecule has 0 atom stereocenters. The molecule has 9 rings (SSSR count). The first-order chi connectivity index (χ1) is 25.2. The molecule has 5 nitrogen and oxygen atoms in total. The highest BCUT2D eigenvalue weighted by Crippen LogP contribution is 2.36. The van der Waals surface area contributed by atoms with E-state index in [0.717, 1.165) is 51.2 Å². The summed E-state index contributed by atoms with van der Waals surface area (Å²) in [7, 11) is 0. The Morgan fingerprint density at radius 2 is 0.843 bits per heavy atom. The molecule has 0 N–H and O–H groups in total. The normalized spacial score (nSPS) is 11.3. The van der Waals surface area contributed by atoms with E-state index in [9.17, 15) is 0 Å². The molecule has 0 saturated heterocycles. The van der Waals surface area contributed by atoms with Gasteiger partial charge in [-0.3, -0.25) is 4.57 Å². The number of benzene rings is 7. The minimum absolute atomic E-state index is 0.646. The average molecular weight is 656 g/mol. The lowest BCUT2D eigenvalue weighted by Crippen LogP contribution is -2.00. The van der Waals surface area contributed by atoms with Crippen molar-refractivity contribution in [3.05, 3.63) is 176 Å². The largest absolute Gasteiger partial charge is 0.296 e. The van der Waals surface area contributed by atoms with E-state index in [4.69, 9.17) is 19.9 Å². The average Bonchev–Trinajstić information content (AvgIpc) is 3.60. The Bertz CT molecular complexity index is 2590. The number of rotatable bonds is 7. The molecule has 0 radical (unpaired) electrons. The van der Waals surface area contributed by atoms with E-state index in [-0.39, 0.29) is 0 Å². The van der Waals surface area contributed by atoms with Gasteiger partial charge >= 0.3 is 0 Å². The molecule has 0 bridgehead atoms. The monoisotopic (exact) mass is 655 g/mol. The molecular weight excluding hydrogens is 623 g/mol. The fourth-order valence-electron chi connectivity index (χ4n) is 6.94. The molecule has 0 amide bonds. The Kier molecular flexibility index (Phi) is 7.71. The first kappa shape index (κ1) is 30.3. The van der Waals surface area contributed by atoms with Crippen LogP contribution < -0.4 is 0 Å². The smallest absolute Gasteiger partial charge is 0.164 e. The molecule has 7 aromatic carbocycles. The first-order valence-electron chi connectivity index (χ1n) is 17.3. The maximum absolute atomic E-state index is 4.92. The quantitative estimate of drug-likeness (QED) is 0.171. The number of imidazole rings is 1. The van der Waals surface area contributed by atoms with Crippen LogP contribution in [0.3, 0.4) is 0 Å². The fraction of sp³-hybridized carbons (Fsp3) is 0.0435. The lowest BCUT2D eigenvalue weighted by atomic mass is 9.92. The zero-order chi connectivity index (χ0) is 34.1. The lowest BCUT2D eigenvalue weighted by Gasteiger charge is -2.13. The van der Waals surface area contributed by atoms with E-state index >= 15 is 0 Å². The van der Waals surface area contributed by atoms with Crippen LogP contribution in [0.4, 0.5) is 0 Å². The van der Waals surface area contributed by atoms with Crippen molar-refractivity contribution < 1.29 is 0 Å². The highest BCUT2D eigenvalue weighted by molar-refractivity contribution is 6.04. The minimum atomic E-state index is 0.646. The summed E-state index contributed by atoms with van der Waals surface area (Å²) in [5.41, 5.74) is 10.8. The van der Waals surface area contributed by atoms with Crippen LogP contribution in [0.1, 0.15) is 12.7 Å². The lowest BCUT2D eigenvalue weighted by molar-refractivity contribution is 0.908. The summed E-state index contributed by atoms with van der Waals surface area (Å²) in [5.74, 6) is 3.02. The maximum Gasteiger partial charge on any atom is 0.164 e. The predicted molar refractivity (Wildman–Crippen MR) is 209 cm³/mol. The van der Waals surface area contributed by atoms with Crippen molar-refractivity contribution in [2.75, 3.05) is 0 Å². The van der Waals surface area contributed by atoms with Crippen molar-refractivity contribution in [2.24, 2.45) is 0 Å². The molecule has 0 saturated carbocycles. The van der Waals surface area contributed by atoms with Crippen LogP contribution in [0.5, 0.6) is 0 Å². The second-order valence-corrected chi connectivity index (χ2v) is 12.6. The molecule has 0 unspecified atom stereocenters. The van der Waals surface area contributed by atoms with E-state index in [2.05, 4.69) is 115 Å². The summed E-state index contributed by atoms with van der Waals surface area (Å²) >= 11 is 0. The number of nitrogens with zero attached hydrogens (tertiary/aromatic N) is 5. The van der Waals surface area contributed by atoms with Crippen LogP contribution in [0.2, 0.25) is 0 Å². The van der Waals surface area contributed by atoms with Gasteiger partial charge in [-0.2, -0.15) is 0 Å². The standard InChI is InChI=1S/C46H33N5/c1-2-43-47-41-21-9-10-22-42(41)51(43)36-29-27-32(28-30-36)38-18-12-19-39-37(17-11-20-40(38)39)31-23-25-35(26-24-31)46-49-44(33-13-5-3-6-14-33)48-45(50-46)34-15-7-4-8-16-34/h3-30H,2H2,1H3. The van der Waals surface area contributed by atoms with Gasteiger partial charge in [0.15, 0.2) is 17.5 Å². The molecule has 0 aliphatic heterocycles. The molecule has 5 heteroatoms. The number of hydrogen-bond donors (Lipinski definition) is 0. The van der Waals surface area contributed by atoms with E-state index in [0.29, 0.717) is 17.5 Å². The van der Waals surface area contributed by atoms with Gasteiger partial charge < -0.3 is 0 Å². The van der Waals surface area contributed by atoms with Gasteiger partial charge in [0.05, 0.1) is 11.0 Å². The van der Waals surface area contributed by atoms with Crippen molar-refractivity contribution >= 4 is 21.8 Å². The molecule has 242 valence electrons. The van der Waals surface area contributed by atoms with Crippen molar-refractivity contribution in [2.45, 2.75) is 13.3 Å². The topological polar surface area (TPSA) is 56.5 Å². The Hall–Kier alpha value is -6.72. The predicted octanol–water partition coefficient (Wildman–Crippen LogP) is 11.3.